The van der Waals surface area contributed by atoms with Gasteiger partial charge in [-0.15, -0.1) is 0 Å². The summed E-state index contributed by atoms with van der Waals surface area (Å²) in [5, 5.41) is 4.13. The number of hydrogen-bond donors (Lipinski definition) is 1. The Hall–Kier alpha value is -0.470. The maximum absolute atomic E-state index is 3.43. The first-order valence-electron chi connectivity index (χ1n) is 6.90. The van der Waals surface area contributed by atoms with Gasteiger partial charge >= 0.3 is 0 Å². The number of benzene rings is 1. The molecule has 1 N–H and O–H groups in total. The van der Waals surface area contributed by atoms with Crippen LogP contribution in [-0.2, 0) is 6.42 Å². The largest absolute Gasteiger partial charge is 0.312 e. The van der Waals surface area contributed by atoms with Gasteiger partial charge in [0.15, 0.2) is 0 Å². The zero-order valence-corrected chi connectivity index (χ0v) is 13.2. The van der Waals surface area contributed by atoms with Crippen molar-refractivity contribution in [3.05, 3.63) is 35.4 Å². The van der Waals surface area contributed by atoms with Crippen LogP contribution in [-0.4, -0.2) is 18.1 Å². The first-order valence-corrected chi connectivity index (χ1v) is 7.95. The van der Waals surface area contributed by atoms with Gasteiger partial charge in [-0.1, -0.05) is 52.0 Å². The Kier molecular flexibility index (Phi) is 6.80. The van der Waals surface area contributed by atoms with E-state index in [1.165, 1.54) is 17.5 Å². The van der Waals surface area contributed by atoms with E-state index >= 15 is 0 Å². The molecule has 2 heteroatoms. The molecule has 1 aromatic carbocycles. The number of hydrogen-bond acceptors (Lipinski definition) is 2. The van der Waals surface area contributed by atoms with Crippen LogP contribution in [0.15, 0.2) is 24.3 Å². The summed E-state index contributed by atoms with van der Waals surface area (Å²) in [5.41, 5.74) is 2.88. The minimum Gasteiger partial charge on any atom is -0.312 e. The van der Waals surface area contributed by atoms with Crippen molar-refractivity contribution in [2.24, 2.45) is 5.92 Å². The van der Waals surface area contributed by atoms with Gasteiger partial charge in [0.05, 0.1) is 0 Å². The normalized spacial score (nSPS) is 13.3. The molecule has 1 atom stereocenters. The zero-order chi connectivity index (χ0) is 13.5. The third-order valence-corrected chi connectivity index (χ3v) is 4.13. The highest BCUT2D eigenvalue weighted by atomic mass is 32.2. The summed E-state index contributed by atoms with van der Waals surface area (Å²) in [6.45, 7) is 9.06. The van der Waals surface area contributed by atoms with Crippen LogP contribution < -0.4 is 5.32 Å². The van der Waals surface area contributed by atoms with Gasteiger partial charge in [0.2, 0.25) is 0 Å². The quantitative estimate of drug-likeness (QED) is 0.789. The second kappa shape index (κ2) is 7.85. The van der Waals surface area contributed by atoms with Crippen molar-refractivity contribution in [1.29, 1.82) is 0 Å². The van der Waals surface area contributed by atoms with Crippen LogP contribution in [0.5, 0.6) is 0 Å². The molecular weight excluding hydrogens is 238 g/mol. The lowest BCUT2D eigenvalue weighted by Crippen LogP contribution is -2.19. The molecule has 0 aliphatic rings. The number of rotatable bonds is 7. The lowest BCUT2D eigenvalue weighted by atomic mass is 9.99. The first-order chi connectivity index (χ1) is 8.52. The lowest BCUT2D eigenvalue weighted by Gasteiger charge is -2.18. The van der Waals surface area contributed by atoms with Crippen LogP contribution >= 0.6 is 11.8 Å². The molecular formula is C16H27NS. The molecule has 0 aliphatic carbocycles. The van der Waals surface area contributed by atoms with E-state index in [1.54, 1.807) is 0 Å². The van der Waals surface area contributed by atoms with Gasteiger partial charge in [-0.3, -0.25) is 0 Å². The maximum Gasteiger partial charge on any atom is 0.0409 e. The van der Waals surface area contributed by atoms with Gasteiger partial charge in [-0.2, -0.15) is 11.8 Å². The van der Waals surface area contributed by atoms with Crippen LogP contribution in [0.1, 0.15) is 44.9 Å². The van der Waals surface area contributed by atoms with Gasteiger partial charge in [0.25, 0.3) is 0 Å². The van der Waals surface area contributed by atoms with E-state index in [0.717, 1.165) is 11.7 Å². The molecule has 0 saturated carbocycles. The van der Waals surface area contributed by atoms with E-state index < -0.39 is 0 Å². The van der Waals surface area contributed by atoms with Gasteiger partial charge in [0, 0.05) is 11.8 Å². The molecule has 102 valence electrons. The van der Waals surface area contributed by atoms with E-state index in [0.29, 0.717) is 11.3 Å². The Labute approximate surface area is 117 Å². The molecule has 0 radical (unpaired) electrons. The molecule has 0 amide bonds. The van der Waals surface area contributed by atoms with Crippen molar-refractivity contribution >= 4 is 11.8 Å². The van der Waals surface area contributed by atoms with E-state index in [-0.39, 0.29) is 0 Å². The summed E-state index contributed by atoms with van der Waals surface area (Å²) >= 11 is 2.02. The fourth-order valence-corrected chi connectivity index (χ4v) is 2.98. The first kappa shape index (κ1) is 15.6. The number of nitrogens with one attached hydrogen (secondary N) is 1. The molecule has 1 nitrogen and oxygen atoms in total. The van der Waals surface area contributed by atoms with Crippen LogP contribution in [0.2, 0.25) is 0 Å². The van der Waals surface area contributed by atoms with Gasteiger partial charge < -0.3 is 5.32 Å². The Morgan fingerprint density at radius 2 is 1.89 bits per heavy atom. The summed E-state index contributed by atoms with van der Waals surface area (Å²) in [5.74, 6) is 1.86. The smallest absolute Gasteiger partial charge is 0.0409 e. The van der Waals surface area contributed by atoms with Crippen LogP contribution in [0, 0.1) is 5.92 Å². The second-order valence-electron chi connectivity index (χ2n) is 5.57. The van der Waals surface area contributed by atoms with Crippen LogP contribution in [0.3, 0.4) is 0 Å². The summed E-state index contributed by atoms with van der Waals surface area (Å²) in [6.07, 6.45) is 1.17. The molecule has 0 bridgehead atoms. The fourth-order valence-electron chi connectivity index (χ4n) is 2.04. The minimum absolute atomic E-state index is 0.463. The Morgan fingerprint density at radius 1 is 1.17 bits per heavy atom. The van der Waals surface area contributed by atoms with Gasteiger partial charge in [-0.25, -0.2) is 0 Å². The fraction of sp³-hybridized carbons (Fsp3) is 0.625. The SMILES string of the molecule is CNC(CSC(C)C)c1cccc(CC(C)C)c1. The average Bonchev–Trinajstić information content (AvgIpc) is 2.29. The van der Waals surface area contributed by atoms with E-state index in [2.05, 4.69) is 64.3 Å². The summed E-state index contributed by atoms with van der Waals surface area (Å²) in [4.78, 5) is 0. The number of thioether (sulfide) groups is 1. The predicted octanol–water partition coefficient (Wildman–Crippen LogP) is 4.29. The molecule has 0 aromatic heterocycles. The summed E-state index contributed by atoms with van der Waals surface area (Å²) in [7, 11) is 2.06. The molecule has 1 aromatic rings. The molecule has 0 aliphatic heterocycles. The van der Waals surface area contributed by atoms with E-state index in [9.17, 15) is 0 Å². The highest BCUT2D eigenvalue weighted by Crippen LogP contribution is 2.22. The predicted molar refractivity (Wildman–Crippen MR) is 84.4 cm³/mol. The minimum atomic E-state index is 0.463. The molecule has 0 spiro atoms. The molecule has 18 heavy (non-hydrogen) atoms. The molecule has 0 saturated heterocycles. The zero-order valence-electron chi connectivity index (χ0n) is 12.4. The molecule has 0 fully saturated rings. The monoisotopic (exact) mass is 265 g/mol. The van der Waals surface area contributed by atoms with Crippen LogP contribution in [0.25, 0.3) is 0 Å². The van der Waals surface area contributed by atoms with Gasteiger partial charge in [0.1, 0.15) is 0 Å². The molecule has 1 unspecified atom stereocenters. The molecule has 0 heterocycles. The molecule has 1 rings (SSSR count). The average molecular weight is 265 g/mol. The van der Waals surface area contributed by atoms with E-state index in [1.807, 2.05) is 11.8 Å². The van der Waals surface area contributed by atoms with Crippen molar-refractivity contribution < 1.29 is 0 Å². The van der Waals surface area contributed by atoms with Crippen molar-refractivity contribution in [3.8, 4) is 0 Å². The summed E-state index contributed by atoms with van der Waals surface area (Å²) in [6, 6.07) is 9.50. The Bertz CT molecular complexity index is 347. The topological polar surface area (TPSA) is 12.0 Å². The van der Waals surface area contributed by atoms with Gasteiger partial charge in [-0.05, 0) is 35.8 Å². The van der Waals surface area contributed by atoms with E-state index in [4.69, 9.17) is 0 Å². The second-order valence-corrected chi connectivity index (χ2v) is 7.18. The van der Waals surface area contributed by atoms with Crippen molar-refractivity contribution in [2.45, 2.75) is 45.4 Å². The third-order valence-electron chi connectivity index (χ3n) is 2.94. The van der Waals surface area contributed by atoms with Crippen molar-refractivity contribution in [3.63, 3.8) is 0 Å². The lowest BCUT2D eigenvalue weighted by molar-refractivity contribution is 0.638. The Morgan fingerprint density at radius 3 is 2.44 bits per heavy atom. The van der Waals surface area contributed by atoms with Crippen molar-refractivity contribution in [1.82, 2.24) is 5.32 Å². The van der Waals surface area contributed by atoms with Crippen molar-refractivity contribution in [2.75, 3.05) is 12.8 Å². The highest BCUT2D eigenvalue weighted by molar-refractivity contribution is 7.99. The van der Waals surface area contributed by atoms with Crippen LogP contribution in [0.4, 0.5) is 0 Å². The third kappa shape index (κ3) is 5.45. The Balaban J connectivity index is 2.72. The standard InChI is InChI=1S/C16H27NS/c1-12(2)9-14-7-6-8-15(10-14)16(17-5)11-18-13(3)4/h6-8,10,12-13,16-17H,9,11H2,1-5H3. The highest BCUT2D eigenvalue weighted by Gasteiger charge is 2.11. The maximum atomic E-state index is 3.43. The summed E-state index contributed by atoms with van der Waals surface area (Å²) < 4.78 is 0.